The van der Waals surface area contributed by atoms with Gasteiger partial charge in [0.2, 0.25) is 10.0 Å². The summed E-state index contributed by atoms with van der Waals surface area (Å²) in [4.78, 5) is 2.12. The van der Waals surface area contributed by atoms with Gasteiger partial charge >= 0.3 is 0 Å². The molecule has 0 radical (unpaired) electrons. The molecule has 0 saturated heterocycles. The van der Waals surface area contributed by atoms with Gasteiger partial charge < -0.3 is 10.2 Å². The van der Waals surface area contributed by atoms with Crippen LogP contribution in [-0.4, -0.2) is 57.8 Å². The smallest absolute Gasteiger partial charge is 0.211 e. The molecule has 108 valence electrons. The number of hydrogen-bond acceptors (Lipinski definition) is 4. The van der Waals surface area contributed by atoms with Crippen LogP contribution in [0.2, 0.25) is 0 Å². The maximum Gasteiger partial charge on any atom is 0.211 e. The monoisotopic (exact) mass is 277 g/mol. The Balaban J connectivity index is 2.06. The van der Waals surface area contributed by atoms with Gasteiger partial charge in [0.25, 0.3) is 0 Å². The molecule has 1 rings (SSSR count). The molecule has 6 heteroatoms. The number of likely N-dealkylation sites (N-methyl/N-ethyl adjacent to an activating group) is 1. The SMILES string of the molecule is CC(C)N(C)CCNS(=O)(=O)CCCNC1CC1. The van der Waals surface area contributed by atoms with Crippen molar-refractivity contribution in [2.75, 3.05) is 32.4 Å². The van der Waals surface area contributed by atoms with E-state index < -0.39 is 10.0 Å². The highest BCUT2D eigenvalue weighted by Crippen LogP contribution is 2.18. The van der Waals surface area contributed by atoms with E-state index in [1.807, 2.05) is 7.05 Å². The average molecular weight is 277 g/mol. The summed E-state index contributed by atoms with van der Waals surface area (Å²) in [5, 5.41) is 3.32. The highest BCUT2D eigenvalue weighted by Gasteiger charge is 2.20. The molecule has 5 nitrogen and oxygen atoms in total. The van der Waals surface area contributed by atoms with Crippen LogP contribution in [0.4, 0.5) is 0 Å². The van der Waals surface area contributed by atoms with Crippen LogP contribution in [0.1, 0.15) is 33.1 Å². The maximum absolute atomic E-state index is 11.7. The Morgan fingerprint density at radius 2 is 1.94 bits per heavy atom. The highest BCUT2D eigenvalue weighted by molar-refractivity contribution is 7.89. The van der Waals surface area contributed by atoms with E-state index in [4.69, 9.17) is 0 Å². The van der Waals surface area contributed by atoms with Gasteiger partial charge in [-0.1, -0.05) is 0 Å². The molecular weight excluding hydrogens is 250 g/mol. The first-order chi connectivity index (χ1) is 8.41. The Labute approximate surface area is 111 Å². The Morgan fingerprint density at radius 1 is 1.28 bits per heavy atom. The summed E-state index contributed by atoms with van der Waals surface area (Å²) in [6.45, 7) is 6.23. The minimum Gasteiger partial charge on any atom is -0.314 e. The van der Waals surface area contributed by atoms with Gasteiger partial charge in [0.15, 0.2) is 0 Å². The van der Waals surface area contributed by atoms with E-state index in [1.54, 1.807) is 0 Å². The van der Waals surface area contributed by atoms with Gasteiger partial charge in [-0.25, -0.2) is 13.1 Å². The molecule has 0 aromatic carbocycles. The lowest BCUT2D eigenvalue weighted by molar-refractivity contribution is 0.278. The molecule has 0 aromatic rings. The van der Waals surface area contributed by atoms with Crippen LogP contribution in [0.15, 0.2) is 0 Å². The zero-order chi connectivity index (χ0) is 13.6. The van der Waals surface area contributed by atoms with Gasteiger partial charge in [0.05, 0.1) is 5.75 Å². The van der Waals surface area contributed by atoms with Crippen LogP contribution in [0, 0.1) is 0 Å². The van der Waals surface area contributed by atoms with Crippen molar-refractivity contribution >= 4 is 10.0 Å². The molecule has 0 spiro atoms. The van der Waals surface area contributed by atoms with E-state index in [1.165, 1.54) is 12.8 Å². The van der Waals surface area contributed by atoms with Crippen molar-refractivity contribution in [1.82, 2.24) is 14.9 Å². The third-order valence-corrected chi connectivity index (χ3v) is 4.74. The fraction of sp³-hybridized carbons (Fsp3) is 1.00. The minimum absolute atomic E-state index is 0.220. The van der Waals surface area contributed by atoms with Crippen molar-refractivity contribution in [3.63, 3.8) is 0 Å². The summed E-state index contributed by atoms with van der Waals surface area (Å²) >= 11 is 0. The lowest BCUT2D eigenvalue weighted by Gasteiger charge is -2.20. The first kappa shape index (κ1) is 15.9. The van der Waals surface area contributed by atoms with Gasteiger partial charge in [-0.3, -0.25) is 0 Å². The molecule has 18 heavy (non-hydrogen) atoms. The predicted molar refractivity (Wildman–Crippen MR) is 75.2 cm³/mol. The predicted octanol–water partition coefficient (Wildman–Crippen LogP) is 0.388. The summed E-state index contributed by atoms with van der Waals surface area (Å²) < 4.78 is 26.0. The van der Waals surface area contributed by atoms with E-state index >= 15 is 0 Å². The molecule has 0 unspecified atom stereocenters. The topological polar surface area (TPSA) is 61.4 Å². The van der Waals surface area contributed by atoms with Crippen LogP contribution in [0.3, 0.4) is 0 Å². The number of rotatable bonds is 10. The van der Waals surface area contributed by atoms with Crippen LogP contribution in [-0.2, 0) is 10.0 Å². The summed E-state index contributed by atoms with van der Waals surface area (Å²) in [5.74, 6) is 0.220. The van der Waals surface area contributed by atoms with Gasteiger partial charge in [0.1, 0.15) is 0 Å². The van der Waals surface area contributed by atoms with Crippen LogP contribution < -0.4 is 10.0 Å². The normalized spacial score (nSPS) is 16.7. The molecule has 2 N–H and O–H groups in total. The lowest BCUT2D eigenvalue weighted by Crippen LogP contribution is -2.37. The molecule has 0 aromatic heterocycles. The van der Waals surface area contributed by atoms with Crippen LogP contribution >= 0.6 is 0 Å². The van der Waals surface area contributed by atoms with Gasteiger partial charge in [-0.05, 0) is 46.7 Å². The number of hydrogen-bond donors (Lipinski definition) is 2. The summed E-state index contributed by atoms with van der Waals surface area (Å²) in [6, 6.07) is 1.10. The molecule has 0 atom stereocenters. The zero-order valence-electron chi connectivity index (χ0n) is 11.8. The molecule has 1 fully saturated rings. The first-order valence-electron chi connectivity index (χ1n) is 6.81. The highest BCUT2D eigenvalue weighted by atomic mass is 32.2. The Hall–Kier alpha value is -0.170. The lowest BCUT2D eigenvalue weighted by atomic mass is 10.3. The molecule has 0 heterocycles. The molecule has 0 bridgehead atoms. The maximum atomic E-state index is 11.7. The quantitative estimate of drug-likeness (QED) is 0.567. The molecule has 1 saturated carbocycles. The number of sulfonamides is 1. The van der Waals surface area contributed by atoms with E-state index in [9.17, 15) is 8.42 Å². The van der Waals surface area contributed by atoms with Crippen molar-refractivity contribution in [1.29, 1.82) is 0 Å². The fourth-order valence-corrected chi connectivity index (χ4v) is 2.63. The van der Waals surface area contributed by atoms with Crippen LogP contribution in [0.25, 0.3) is 0 Å². The molecular formula is C12H27N3O2S. The van der Waals surface area contributed by atoms with Crippen molar-refractivity contribution in [3.8, 4) is 0 Å². The van der Waals surface area contributed by atoms with E-state index in [0.717, 1.165) is 13.1 Å². The third-order valence-electron chi connectivity index (χ3n) is 3.27. The fourth-order valence-electron chi connectivity index (χ4n) is 1.56. The van der Waals surface area contributed by atoms with Gasteiger partial charge in [-0.15, -0.1) is 0 Å². The number of nitrogens with zero attached hydrogens (tertiary/aromatic N) is 1. The average Bonchev–Trinajstić information content (AvgIpc) is 3.07. The van der Waals surface area contributed by atoms with Crippen molar-refractivity contribution in [2.45, 2.75) is 45.2 Å². The Bertz CT molecular complexity index is 326. The first-order valence-corrected chi connectivity index (χ1v) is 8.47. The van der Waals surface area contributed by atoms with Crippen molar-refractivity contribution < 1.29 is 8.42 Å². The second-order valence-electron chi connectivity index (χ2n) is 5.37. The zero-order valence-corrected chi connectivity index (χ0v) is 12.6. The number of nitrogens with one attached hydrogen (secondary N) is 2. The molecule has 1 aliphatic rings. The Kier molecular flexibility index (Phi) is 6.55. The van der Waals surface area contributed by atoms with E-state index in [0.29, 0.717) is 25.0 Å². The molecule has 1 aliphatic carbocycles. The van der Waals surface area contributed by atoms with E-state index in [2.05, 4.69) is 28.8 Å². The van der Waals surface area contributed by atoms with Gasteiger partial charge in [-0.2, -0.15) is 0 Å². The Morgan fingerprint density at radius 3 is 2.50 bits per heavy atom. The van der Waals surface area contributed by atoms with Crippen molar-refractivity contribution in [3.05, 3.63) is 0 Å². The summed E-state index contributed by atoms with van der Waals surface area (Å²) in [6.07, 6.45) is 3.17. The summed E-state index contributed by atoms with van der Waals surface area (Å²) in [5.41, 5.74) is 0. The molecule has 0 amide bonds. The second-order valence-corrected chi connectivity index (χ2v) is 7.30. The van der Waals surface area contributed by atoms with E-state index in [-0.39, 0.29) is 5.75 Å². The standard InChI is InChI=1S/C12H27N3O2S/c1-11(2)15(3)9-8-14-18(16,17)10-4-7-13-12-5-6-12/h11-14H,4-10H2,1-3H3. The molecule has 0 aliphatic heterocycles. The van der Waals surface area contributed by atoms with Gasteiger partial charge in [0, 0.05) is 25.2 Å². The minimum atomic E-state index is -3.10. The second kappa shape index (κ2) is 7.43. The van der Waals surface area contributed by atoms with Crippen LogP contribution in [0.5, 0.6) is 0 Å². The third kappa shape index (κ3) is 7.31. The largest absolute Gasteiger partial charge is 0.314 e. The van der Waals surface area contributed by atoms with Crippen molar-refractivity contribution in [2.24, 2.45) is 0 Å². The summed E-state index contributed by atoms with van der Waals surface area (Å²) in [7, 11) is -1.10.